The van der Waals surface area contributed by atoms with Crippen LogP contribution < -0.4 is 0 Å². The lowest BCUT2D eigenvalue weighted by Gasteiger charge is -2.03. The van der Waals surface area contributed by atoms with E-state index in [1.54, 1.807) is 17.4 Å². The highest BCUT2D eigenvalue weighted by Gasteiger charge is 1.99. The van der Waals surface area contributed by atoms with E-state index in [1.807, 2.05) is 31.4 Å². The molecule has 1 aromatic rings. The first kappa shape index (κ1) is 11.0. The van der Waals surface area contributed by atoms with Crippen LogP contribution in [0.15, 0.2) is 23.6 Å². The maximum Gasteiger partial charge on any atom is 0.330 e. The number of carbonyl (C=O) groups is 1. The van der Waals surface area contributed by atoms with Crippen LogP contribution in [0.4, 0.5) is 0 Å². The minimum atomic E-state index is -0.271. The molecule has 0 bridgehead atoms. The van der Waals surface area contributed by atoms with Crippen LogP contribution >= 0.6 is 11.3 Å². The molecule has 0 amide bonds. The van der Waals surface area contributed by atoms with Gasteiger partial charge in [0.25, 0.3) is 0 Å². The van der Waals surface area contributed by atoms with E-state index in [-0.39, 0.29) is 5.97 Å². The molecule has 1 heterocycles. The van der Waals surface area contributed by atoms with Crippen molar-refractivity contribution in [1.82, 2.24) is 0 Å². The Bertz CT molecular complexity index is 299. The standard InChI is InChI=1S/C11H14O2S/c1-9(2)8-13-11(12)6-5-10-4-3-7-14-10/h3-7,9H,8H2,1-2H3. The van der Waals surface area contributed by atoms with E-state index < -0.39 is 0 Å². The summed E-state index contributed by atoms with van der Waals surface area (Å²) in [5.74, 6) is 0.112. The maximum absolute atomic E-state index is 11.1. The number of hydrogen-bond donors (Lipinski definition) is 0. The number of ether oxygens (including phenoxy) is 1. The Hall–Kier alpha value is -1.09. The summed E-state index contributed by atoms with van der Waals surface area (Å²) in [7, 11) is 0. The lowest BCUT2D eigenvalue weighted by molar-refractivity contribution is -0.138. The highest BCUT2D eigenvalue weighted by molar-refractivity contribution is 7.10. The van der Waals surface area contributed by atoms with Crippen molar-refractivity contribution in [3.63, 3.8) is 0 Å². The van der Waals surface area contributed by atoms with E-state index in [4.69, 9.17) is 4.74 Å². The van der Waals surface area contributed by atoms with Crippen molar-refractivity contribution in [3.8, 4) is 0 Å². The van der Waals surface area contributed by atoms with Crippen molar-refractivity contribution in [1.29, 1.82) is 0 Å². The summed E-state index contributed by atoms with van der Waals surface area (Å²) < 4.78 is 4.98. The van der Waals surface area contributed by atoms with Gasteiger partial charge >= 0.3 is 5.97 Å². The molecule has 3 heteroatoms. The molecule has 0 aromatic carbocycles. The second-order valence-corrected chi connectivity index (χ2v) is 4.35. The van der Waals surface area contributed by atoms with Gasteiger partial charge in [-0.1, -0.05) is 19.9 Å². The Labute approximate surface area is 88.2 Å². The zero-order chi connectivity index (χ0) is 10.4. The fourth-order valence-electron chi connectivity index (χ4n) is 0.833. The van der Waals surface area contributed by atoms with Crippen LogP contribution in [-0.2, 0) is 9.53 Å². The van der Waals surface area contributed by atoms with E-state index in [0.29, 0.717) is 12.5 Å². The average molecular weight is 210 g/mol. The molecule has 0 atom stereocenters. The van der Waals surface area contributed by atoms with E-state index in [9.17, 15) is 4.79 Å². The Kier molecular flexibility index (Phi) is 4.40. The molecule has 0 spiro atoms. The predicted molar refractivity (Wildman–Crippen MR) is 59.2 cm³/mol. The maximum atomic E-state index is 11.1. The van der Waals surface area contributed by atoms with Crippen molar-refractivity contribution in [2.24, 2.45) is 5.92 Å². The van der Waals surface area contributed by atoms with E-state index >= 15 is 0 Å². The molecule has 0 fully saturated rings. The molecule has 2 nitrogen and oxygen atoms in total. The van der Waals surface area contributed by atoms with Gasteiger partial charge in [-0.25, -0.2) is 4.79 Å². The van der Waals surface area contributed by atoms with Gasteiger partial charge in [0, 0.05) is 11.0 Å². The Morgan fingerprint density at radius 2 is 2.43 bits per heavy atom. The van der Waals surface area contributed by atoms with Crippen LogP contribution in [0, 0.1) is 5.92 Å². The molecule has 0 saturated carbocycles. The molecule has 0 N–H and O–H groups in total. The highest BCUT2D eigenvalue weighted by Crippen LogP contribution is 2.10. The fourth-order valence-corrected chi connectivity index (χ4v) is 1.45. The molecule has 14 heavy (non-hydrogen) atoms. The van der Waals surface area contributed by atoms with Gasteiger partial charge in [0.1, 0.15) is 0 Å². The molecule has 1 rings (SSSR count). The summed E-state index contributed by atoms with van der Waals surface area (Å²) >= 11 is 1.59. The van der Waals surface area contributed by atoms with Crippen LogP contribution in [0.25, 0.3) is 6.08 Å². The summed E-state index contributed by atoms with van der Waals surface area (Å²) in [5.41, 5.74) is 0. The molecule has 0 aliphatic heterocycles. The summed E-state index contributed by atoms with van der Waals surface area (Å²) in [6.07, 6.45) is 3.24. The van der Waals surface area contributed by atoms with E-state index in [2.05, 4.69) is 0 Å². The van der Waals surface area contributed by atoms with Gasteiger partial charge in [0.15, 0.2) is 0 Å². The van der Waals surface area contributed by atoms with E-state index in [0.717, 1.165) is 4.88 Å². The van der Waals surface area contributed by atoms with Crippen LogP contribution in [0.5, 0.6) is 0 Å². The normalized spacial score (nSPS) is 11.1. The largest absolute Gasteiger partial charge is 0.462 e. The first-order valence-corrected chi connectivity index (χ1v) is 5.45. The van der Waals surface area contributed by atoms with E-state index in [1.165, 1.54) is 6.08 Å². The quantitative estimate of drug-likeness (QED) is 0.564. The topological polar surface area (TPSA) is 26.3 Å². The first-order valence-electron chi connectivity index (χ1n) is 4.57. The minimum absolute atomic E-state index is 0.271. The van der Waals surface area contributed by atoms with Gasteiger partial charge in [0.2, 0.25) is 0 Å². The number of rotatable bonds is 4. The SMILES string of the molecule is CC(C)COC(=O)C=Cc1cccs1. The molecule has 76 valence electrons. The molecule has 0 aliphatic rings. The predicted octanol–water partition coefficient (Wildman–Crippen LogP) is 2.96. The minimum Gasteiger partial charge on any atom is -0.462 e. The summed E-state index contributed by atoms with van der Waals surface area (Å²) in [6.45, 7) is 4.50. The van der Waals surface area contributed by atoms with Gasteiger partial charge in [0.05, 0.1) is 6.61 Å². The monoisotopic (exact) mass is 210 g/mol. The van der Waals surface area contributed by atoms with Gasteiger partial charge in [-0.3, -0.25) is 0 Å². The van der Waals surface area contributed by atoms with Gasteiger partial charge in [-0.15, -0.1) is 11.3 Å². The molecule has 1 aromatic heterocycles. The zero-order valence-corrected chi connectivity index (χ0v) is 9.21. The molecule has 0 aliphatic carbocycles. The average Bonchev–Trinajstić information content (AvgIpc) is 2.63. The molecular weight excluding hydrogens is 196 g/mol. The summed E-state index contributed by atoms with van der Waals surface area (Å²) in [4.78, 5) is 12.2. The van der Waals surface area contributed by atoms with Gasteiger partial charge < -0.3 is 4.74 Å². The van der Waals surface area contributed by atoms with Gasteiger partial charge in [-0.2, -0.15) is 0 Å². The van der Waals surface area contributed by atoms with Crippen molar-refractivity contribution in [2.75, 3.05) is 6.61 Å². The van der Waals surface area contributed by atoms with Gasteiger partial charge in [-0.05, 0) is 23.4 Å². The summed E-state index contributed by atoms with van der Waals surface area (Å²) in [5, 5.41) is 1.97. The number of esters is 1. The first-order chi connectivity index (χ1) is 6.68. The third-order valence-corrected chi connectivity index (χ3v) is 2.32. The number of carbonyl (C=O) groups excluding carboxylic acids is 1. The lowest BCUT2D eigenvalue weighted by Crippen LogP contribution is -2.06. The lowest BCUT2D eigenvalue weighted by atomic mass is 10.2. The Morgan fingerprint density at radius 1 is 1.64 bits per heavy atom. The molecular formula is C11H14O2S. The van der Waals surface area contributed by atoms with Crippen molar-refractivity contribution >= 4 is 23.4 Å². The van der Waals surface area contributed by atoms with Crippen molar-refractivity contribution in [2.45, 2.75) is 13.8 Å². The van der Waals surface area contributed by atoms with Crippen LogP contribution in [0.2, 0.25) is 0 Å². The smallest absolute Gasteiger partial charge is 0.330 e. The van der Waals surface area contributed by atoms with Crippen molar-refractivity contribution < 1.29 is 9.53 Å². The Balaban J connectivity index is 2.34. The summed E-state index contributed by atoms with van der Waals surface area (Å²) in [6, 6.07) is 3.90. The van der Waals surface area contributed by atoms with Crippen LogP contribution in [0.1, 0.15) is 18.7 Å². The highest BCUT2D eigenvalue weighted by atomic mass is 32.1. The van der Waals surface area contributed by atoms with Crippen LogP contribution in [0.3, 0.4) is 0 Å². The van der Waals surface area contributed by atoms with Crippen molar-refractivity contribution in [3.05, 3.63) is 28.5 Å². The second-order valence-electron chi connectivity index (χ2n) is 3.37. The Morgan fingerprint density at radius 3 is 3.00 bits per heavy atom. The molecule has 0 radical (unpaired) electrons. The molecule has 0 unspecified atom stereocenters. The van der Waals surface area contributed by atoms with Crippen LogP contribution in [-0.4, -0.2) is 12.6 Å². The third kappa shape index (κ3) is 4.23. The second kappa shape index (κ2) is 5.60. The molecule has 0 saturated heterocycles. The number of thiophene rings is 1. The fraction of sp³-hybridized carbons (Fsp3) is 0.364. The zero-order valence-electron chi connectivity index (χ0n) is 8.40. The number of hydrogen-bond acceptors (Lipinski definition) is 3. The third-order valence-electron chi connectivity index (χ3n) is 1.49.